The van der Waals surface area contributed by atoms with Gasteiger partial charge < -0.3 is 20.2 Å². The highest BCUT2D eigenvalue weighted by Gasteiger charge is 2.29. The maximum atomic E-state index is 13.5. The van der Waals surface area contributed by atoms with Crippen LogP contribution in [0.1, 0.15) is 108 Å². The lowest BCUT2D eigenvalue weighted by Crippen LogP contribution is -2.24. The van der Waals surface area contributed by atoms with E-state index in [0.717, 1.165) is 6.42 Å². The van der Waals surface area contributed by atoms with E-state index in [0.29, 0.717) is 58.2 Å². The molecule has 1 aliphatic carbocycles. The van der Waals surface area contributed by atoms with Crippen molar-refractivity contribution in [2.24, 2.45) is 17.6 Å². The summed E-state index contributed by atoms with van der Waals surface area (Å²) in [4.78, 5) is 44.2. The topological polar surface area (TPSA) is 125 Å². The molecule has 1 fully saturated rings. The Labute approximate surface area is 242 Å². The average molecular weight is 560 g/mol. The number of nitrogens with zero attached hydrogens (tertiary/aromatic N) is 1. The van der Waals surface area contributed by atoms with Gasteiger partial charge in [0.1, 0.15) is 5.76 Å². The lowest BCUT2D eigenvalue weighted by atomic mass is 9.84. The number of ether oxygens (including phenoxy) is 1. The number of aryl methyl sites for hydroxylation is 1. The van der Waals surface area contributed by atoms with Crippen LogP contribution in [0.4, 0.5) is 0 Å². The molecule has 3 N–H and O–H groups in total. The predicted molar refractivity (Wildman–Crippen MR) is 157 cm³/mol. The highest BCUT2D eigenvalue weighted by Crippen LogP contribution is 2.35. The molecule has 0 atom stereocenters. The number of nitrogens with two attached hydrogens (primary N) is 1. The van der Waals surface area contributed by atoms with Gasteiger partial charge in [0.25, 0.3) is 11.8 Å². The van der Waals surface area contributed by atoms with Crippen LogP contribution in [0.25, 0.3) is 11.1 Å². The Balaban J connectivity index is 1.78. The number of pyridine rings is 1. The van der Waals surface area contributed by atoms with Gasteiger partial charge in [0.15, 0.2) is 0 Å². The number of hydrogen-bond donors (Lipinski definition) is 2. The third-order valence-corrected chi connectivity index (χ3v) is 7.63. The molecule has 2 heterocycles. The lowest BCUT2D eigenvalue weighted by Gasteiger charge is -2.24. The molecule has 1 saturated carbocycles. The van der Waals surface area contributed by atoms with Gasteiger partial charge in [-0.05, 0) is 67.9 Å². The van der Waals surface area contributed by atoms with Crippen LogP contribution < -0.4 is 11.1 Å². The number of esters is 1. The number of rotatable bonds is 12. The van der Waals surface area contributed by atoms with Gasteiger partial charge in [-0.1, -0.05) is 58.1 Å². The third kappa shape index (κ3) is 7.63. The number of carbonyl (C=O) groups is 3. The van der Waals surface area contributed by atoms with Gasteiger partial charge in [-0.25, -0.2) is 4.79 Å². The van der Waals surface area contributed by atoms with Gasteiger partial charge in [0.05, 0.1) is 41.9 Å². The maximum Gasteiger partial charge on any atom is 0.340 e. The minimum atomic E-state index is -0.646. The van der Waals surface area contributed by atoms with E-state index >= 15 is 0 Å². The fourth-order valence-corrected chi connectivity index (χ4v) is 5.67. The molecule has 0 bridgehead atoms. The summed E-state index contributed by atoms with van der Waals surface area (Å²) in [5, 5.41) is 2.83. The van der Waals surface area contributed by atoms with Gasteiger partial charge >= 0.3 is 5.97 Å². The lowest BCUT2D eigenvalue weighted by molar-refractivity contribution is 0.0525. The first kappa shape index (κ1) is 30.0. The normalized spacial score (nSPS) is 13.8. The molecule has 1 aliphatic rings. The highest BCUT2D eigenvalue weighted by molar-refractivity contribution is 6.08. The molecule has 0 radical (unpaired) electrons. The van der Waals surface area contributed by atoms with E-state index in [1.165, 1.54) is 32.1 Å². The van der Waals surface area contributed by atoms with Crippen molar-refractivity contribution in [3.8, 4) is 11.1 Å². The SMILES string of the molecule is CCOC(=O)c1c(CCC2CCCCC2)nc(CC(C)C)c(C(N)=O)c1-c1ccc(C(=O)NCc2ccco2)cc1. The Morgan fingerprint density at radius 3 is 2.39 bits per heavy atom. The fraction of sp³-hybridized carbons (Fsp3) is 0.455. The van der Waals surface area contributed by atoms with Crippen molar-refractivity contribution in [2.75, 3.05) is 6.61 Å². The van der Waals surface area contributed by atoms with Crippen LogP contribution in [-0.2, 0) is 24.1 Å². The van der Waals surface area contributed by atoms with Crippen molar-refractivity contribution < 1.29 is 23.5 Å². The van der Waals surface area contributed by atoms with Crippen molar-refractivity contribution in [1.29, 1.82) is 0 Å². The van der Waals surface area contributed by atoms with E-state index in [1.54, 1.807) is 49.6 Å². The van der Waals surface area contributed by atoms with E-state index in [9.17, 15) is 14.4 Å². The molecule has 0 unspecified atom stereocenters. The average Bonchev–Trinajstić information content (AvgIpc) is 3.48. The molecular weight excluding hydrogens is 518 g/mol. The summed E-state index contributed by atoms with van der Waals surface area (Å²) in [5.41, 5.74) is 9.21. The zero-order valence-electron chi connectivity index (χ0n) is 24.3. The van der Waals surface area contributed by atoms with E-state index in [4.69, 9.17) is 19.9 Å². The zero-order valence-corrected chi connectivity index (χ0v) is 24.3. The molecule has 218 valence electrons. The molecule has 4 rings (SSSR count). The Kier molecular flexibility index (Phi) is 10.3. The van der Waals surface area contributed by atoms with Crippen LogP contribution in [-0.4, -0.2) is 29.4 Å². The van der Waals surface area contributed by atoms with Crippen molar-refractivity contribution in [3.63, 3.8) is 0 Å². The van der Waals surface area contributed by atoms with Crippen LogP contribution in [0.2, 0.25) is 0 Å². The van der Waals surface area contributed by atoms with Crippen LogP contribution in [0.3, 0.4) is 0 Å². The van der Waals surface area contributed by atoms with Gasteiger partial charge in [-0.15, -0.1) is 0 Å². The van der Waals surface area contributed by atoms with Crippen molar-refractivity contribution >= 4 is 17.8 Å². The molecule has 8 heteroatoms. The second-order valence-electron chi connectivity index (χ2n) is 11.2. The number of hydrogen-bond acceptors (Lipinski definition) is 6. The fourth-order valence-electron chi connectivity index (χ4n) is 5.67. The number of amides is 2. The Hall–Kier alpha value is -3.94. The number of carbonyl (C=O) groups excluding carboxylic acids is 3. The van der Waals surface area contributed by atoms with E-state index < -0.39 is 11.9 Å². The Morgan fingerprint density at radius 2 is 1.78 bits per heavy atom. The Morgan fingerprint density at radius 1 is 1.05 bits per heavy atom. The number of furan rings is 1. The second-order valence-corrected chi connectivity index (χ2v) is 11.2. The molecule has 2 aromatic heterocycles. The summed E-state index contributed by atoms with van der Waals surface area (Å²) >= 11 is 0. The third-order valence-electron chi connectivity index (χ3n) is 7.63. The monoisotopic (exact) mass is 559 g/mol. The molecule has 1 aromatic carbocycles. The standard InChI is InChI=1S/C33H41N3O5/c1-4-40-33(39)30-26(17-12-22-9-6-5-7-10-22)36-27(19-21(2)3)29(31(34)37)28(30)23-13-15-24(16-14-23)32(38)35-20-25-11-8-18-41-25/h8,11,13-16,18,21-22H,4-7,9-10,12,17,19-20H2,1-3H3,(H2,34,37)(H,35,38). The van der Waals surface area contributed by atoms with Crippen molar-refractivity contribution in [1.82, 2.24) is 10.3 Å². The Bertz CT molecular complexity index is 1340. The molecule has 41 heavy (non-hydrogen) atoms. The predicted octanol–water partition coefficient (Wildman–Crippen LogP) is 6.26. The number of nitrogens with one attached hydrogen (secondary N) is 1. The van der Waals surface area contributed by atoms with Crippen LogP contribution in [0.5, 0.6) is 0 Å². The van der Waals surface area contributed by atoms with Crippen LogP contribution in [0, 0.1) is 11.8 Å². The van der Waals surface area contributed by atoms with E-state index in [-0.39, 0.29) is 30.5 Å². The summed E-state index contributed by atoms with van der Waals surface area (Å²) in [7, 11) is 0. The van der Waals surface area contributed by atoms with Gasteiger partial charge in [0, 0.05) is 11.1 Å². The summed E-state index contributed by atoms with van der Waals surface area (Å²) in [6.45, 7) is 6.33. The van der Waals surface area contributed by atoms with Crippen LogP contribution in [0.15, 0.2) is 47.1 Å². The summed E-state index contributed by atoms with van der Waals surface area (Å²) < 4.78 is 10.8. The first-order valence-corrected chi connectivity index (χ1v) is 14.7. The number of primary amides is 1. The highest BCUT2D eigenvalue weighted by atomic mass is 16.5. The smallest absolute Gasteiger partial charge is 0.340 e. The van der Waals surface area contributed by atoms with Gasteiger partial charge in [-0.3, -0.25) is 14.6 Å². The molecule has 0 spiro atoms. The summed E-state index contributed by atoms with van der Waals surface area (Å²) in [6.07, 6.45) is 9.73. The summed E-state index contributed by atoms with van der Waals surface area (Å²) in [5.74, 6) is 0.0217. The quantitative estimate of drug-likeness (QED) is 0.252. The molecule has 3 aromatic rings. The molecule has 0 aliphatic heterocycles. The molecule has 2 amide bonds. The van der Waals surface area contributed by atoms with Crippen molar-refractivity contribution in [2.45, 2.75) is 78.7 Å². The molecule has 0 saturated heterocycles. The minimum Gasteiger partial charge on any atom is -0.467 e. The largest absolute Gasteiger partial charge is 0.467 e. The van der Waals surface area contributed by atoms with Gasteiger partial charge in [0.2, 0.25) is 0 Å². The molecular formula is C33H41N3O5. The number of benzene rings is 1. The van der Waals surface area contributed by atoms with Gasteiger partial charge in [-0.2, -0.15) is 0 Å². The number of aromatic nitrogens is 1. The van der Waals surface area contributed by atoms with Crippen molar-refractivity contribution in [3.05, 3.63) is 76.5 Å². The first-order chi connectivity index (χ1) is 19.8. The first-order valence-electron chi connectivity index (χ1n) is 14.7. The van der Waals surface area contributed by atoms with E-state index in [2.05, 4.69) is 19.2 Å². The molecule has 8 nitrogen and oxygen atoms in total. The van der Waals surface area contributed by atoms with Crippen LogP contribution >= 0.6 is 0 Å². The van der Waals surface area contributed by atoms with E-state index in [1.807, 2.05) is 0 Å². The maximum absolute atomic E-state index is 13.5. The zero-order chi connectivity index (χ0) is 29.4. The minimum absolute atomic E-state index is 0.189. The second kappa shape index (κ2) is 14.1. The summed E-state index contributed by atoms with van der Waals surface area (Å²) in [6, 6.07) is 10.4.